The standard InChI is InChI=1S/C17H16N2O4S/c1-12(20)13-6-8-14(9-7-13)24(21,22)18-11-10-17-19-15-4-2-3-5-16(15)23-17/h2-9,18H,10-11H2,1H3. The van der Waals surface area contributed by atoms with Crippen molar-refractivity contribution in [3.63, 3.8) is 0 Å². The van der Waals surface area contributed by atoms with Crippen LogP contribution in [0.15, 0.2) is 57.8 Å². The van der Waals surface area contributed by atoms with E-state index in [2.05, 4.69) is 9.71 Å². The van der Waals surface area contributed by atoms with Crippen LogP contribution in [0, 0.1) is 0 Å². The van der Waals surface area contributed by atoms with Crippen molar-refractivity contribution in [3.05, 3.63) is 60.0 Å². The summed E-state index contributed by atoms with van der Waals surface area (Å²) in [7, 11) is -3.63. The Kier molecular flexibility index (Phi) is 4.46. The maximum atomic E-state index is 12.2. The van der Waals surface area contributed by atoms with Crippen LogP contribution in [0.3, 0.4) is 0 Å². The molecule has 0 bridgehead atoms. The van der Waals surface area contributed by atoms with Crippen molar-refractivity contribution in [2.24, 2.45) is 0 Å². The molecule has 1 heterocycles. The van der Waals surface area contributed by atoms with Gasteiger partial charge in [0, 0.05) is 18.5 Å². The van der Waals surface area contributed by atoms with Crippen LogP contribution in [0.4, 0.5) is 0 Å². The van der Waals surface area contributed by atoms with E-state index in [9.17, 15) is 13.2 Å². The second kappa shape index (κ2) is 6.54. The second-order valence-electron chi connectivity index (χ2n) is 5.30. The highest BCUT2D eigenvalue weighted by Gasteiger charge is 2.14. The fourth-order valence-corrected chi connectivity index (χ4v) is 3.30. The highest BCUT2D eigenvalue weighted by atomic mass is 32.2. The molecule has 0 atom stereocenters. The van der Waals surface area contributed by atoms with E-state index in [1.807, 2.05) is 24.3 Å². The molecule has 0 unspecified atom stereocenters. The summed E-state index contributed by atoms with van der Waals surface area (Å²) in [5.41, 5.74) is 1.89. The van der Waals surface area contributed by atoms with Gasteiger partial charge in [0.1, 0.15) is 5.52 Å². The van der Waals surface area contributed by atoms with Gasteiger partial charge in [0.2, 0.25) is 10.0 Å². The summed E-state index contributed by atoms with van der Waals surface area (Å²) in [5.74, 6) is 0.369. The van der Waals surface area contributed by atoms with E-state index in [1.54, 1.807) is 0 Å². The first kappa shape index (κ1) is 16.4. The molecule has 124 valence electrons. The summed E-state index contributed by atoms with van der Waals surface area (Å²) < 4.78 is 32.5. The SMILES string of the molecule is CC(=O)c1ccc(S(=O)(=O)NCCc2nc3ccccc3o2)cc1. The van der Waals surface area contributed by atoms with Crippen molar-refractivity contribution >= 4 is 26.9 Å². The Morgan fingerprint density at radius 3 is 2.50 bits per heavy atom. The molecule has 0 aliphatic carbocycles. The Hall–Kier alpha value is -2.51. The van der Waals surface area contributed by atoms with Crippen molar-refractivity contribution in [2.45, 2.75) is 18.2 Å². The van der Waals surface area contributed by atoms with Gasteiger partial charge in [-0.05, 0) is 31.2 Å². The number of benzene rings is 2. The van der Waals surface area contributed by atoms with Gasteiger partial charge in [-0.3, -0.25) is 4.79 Å². The van der Waals surface area contributed by atoms with E-state index in [0.717, 1.165) is 5.52 Å². The molecule has 0 aliphatic rings. The van der Waals surface area contributed by atoms with Crippen molar-refractivity contribution < 1.29 is 17.6 Å². The summed E-state index contributed by atoms with van der Waals surface area (Å²) >= 11 is 0. The van der Waals surface area contributed by atoms with Gasteiger partial charge in [0.05, 0.1) is 4.90 Å². The molecule has 1 N–H and O–H groups in total. The second-order valence-corrected chi connectivity index (χ2v) is 7.07. The first-order chi connectivity index (χ1) is 11.5. The fraction of sp³-hybridized carbons (Fsp3) is 0.176. The van der Waals surface area contributed by atoms with E-state index < -0.39 is 10.0 Å². The van der Waals surface area contributed by atoms with Crippen LogP contribution >= 0.6 is 0 Å². The largest absolute Gasteiger partial charge is 0.441 e. The van der Waals surface area contributed by atoms with E-state index >= 15 is 0 Å². The minimum atomic E-state index is -3.63. The lowest BCUT2D eigenvalue weighted by Gasteiger charge is -2.06. The molecule has 3 rings (SSSR count). The smallest absolute Gasteiger partial charge is 0.240 e. The van der Waals surface area contributed by atoms with Gasteiger partial charge in [0.15, 0.2) is 17.3 Å². The van der Waals surface area contributed by atoms with E-state index in [-0.39, 0.29) is 17.2 Å². The van der Waals surface area contributed by atoms with Crippen molar-refractivity contribution in [2.75, 3.05) is 6.54 Å². The predicted molar refractivity (Wildman–Crippen MR) is 89.3 cm³/mol. The molecule has 0 fully saturated rings. The molecule has 0 radical (unpaired) electrons. The van der Waals surface area contributed by atoms with Gasteiger partial charge < -0.3 is 4.42 Å². The van der Waals surface area contributed by atoms with Crippen LogP contribution in [0.25, 0.3) is 11.1 Å². The zero-order valence-corrected chi connectivity index (χ0v) is 13.8. The van der Waals surface area contributed by atoms with Gasteiger partial charge in [-0.2, -0.15) is 0 Å². The number of nitrogens with zero attached hydrogens (tertiary/aromatic N) is 1. The number of Topliss-reactive ketones (excluding diaryl/α,β-unsaturated/α-hetero) is 1. The molecule has 0 saturated carbocycles. The number of carbonyl (C=O) groups excluding carboxylic acids is 1. The molecule has 0 aliphatic heterocycles. The summed E-state index contributed by atoms with van der Waals surface area (Å²) in [6, 6.07) is 13.2. The molecule has 0 saturated heterocycles. The van der Waals surface area contributed by atoms with Crippen molar-refractivity contribution in [1.29, 1.82) is 0 Å². The number of para-hydroxylation sites is 2. The highest BCUT2D eigenvalue weighted by molar-refractivity contribution is 7.89. The number of rotatable bonds is 6. The molecular formula is C17H16N2O4S. The molecule has 2 aromatic carbocycles. The Morgan fingerprint density at radius 2 is 1.83 bits per heavy atom. The zero-order valence-electron chi connectivity index (χ0n) is 13.0. The molecule has 6 nitrogen and oxygen atoms in total. The maximum Gasteiger partial charge on any atom is 0.240 e. The number of ketones is 1. The molecule has 1 aromatic heterocycles. The van der Waals surface area contributed by atoms with Crippen molar-refractivity contribution in [1.82, 2.24) is 9.71 Å². The van der Waals surface area contributed by atoms with Gasteiger partial charge >= 0.3 is 0 Å². The third-order valence-electron chi connectivity index (χ3n) is 3.54. The van der Waals surface area contributed by atoms with E-state index in [4.69, 9.17) is 4.42 Å². The summed E-state index contributed by atoms with van der Waals surface area (Å²) in [5, 5.41) is 0. The summed E-state index contributed by atoms with van der Waals surface area (Å²) in [4.78, 5) is 15.6. The van der Waals surface area contributed by atoms with Crippen LogP contribution in [0.2, 0.25) is 0 Å². The number of carbonyl (C=O) groups is 1. The van der Waals surface area contributed by atoms with Gasteiger partial charge in [-0.25, -0.2) is 18.1 Å². The minimum Gasteiger partial charge on any atom is -0.441 e. The Morgan fingerprint density at radius 1 is 1.12 bits per heavy atom. The number of sulfonamides is 1. The Labute approximate surface area is 139 Å². The van der Waals surface area contributed by atoms with Gasteiger partial charge in [0.25, 0.3) is 0 Å². The maximum absolute atomic E-state index is 12.2. The zero-order chi connectivity index (χ0) is 17.2. The summed E-state index contributed by atoms with van der Waals surface area (Å²) in [6.45, 7) is 1.60. The number of hydrogen-bond donors (Lipinski definition) is 1. The van der Waals surface area contributed by atoms with Crippen LogP contribution in [-0.2, 0) is 16.4 Å². The normalized spacial score (nSPS) is 11.7. The van der Waals surface area contributed by atoms with Crippen LogP contribution in [-0.4, -0.2) is 25.7 Å². The van der Waals surface area contributed by atoms with Crippen molar-refractivity contribution in [3.8, 4) is 0 Å². The monoisotopic (exact) mass is 344 g/mol. The van der Waals surface area contributed by atoms with E-state index in [1.165, 1.54) is 31.2 Å². The molecule has 0 spiro atoms. The van der Waals surface area contributed by atoms with Crippen LogP contribution < -0.4 is 4.72 Å². The summed E-state index contributed by atoms with van der Waals surface area (Å²) in [6.07, 6.45) is 0.347. The third kappa shape index (κ3) is 3.52. The molecular weight excluding hydrogens is 328 g/mol. The Balaban J connectivity index is 1.65. The quantitative estimate of drug-likeness (QED) is 0.694. The topological polar surface area (TPSA) is 89.3 Å². The number of hydrogen-bond acceptors (Lipinski definition) is 5. The molecule has 24 heavy (non-hydrogen) atoms. The first-order valence-corrected chi connectivity index (χ1v) is 8.89. The van der Waals surface area contributed by atoms with E-state index in [0.29, 0.717) is 23.5 Å². The van der Waals surface area contributed by atoms with Gasteiger partial charge in [-0.15, -0.1) is 0 Å². The number of oxazole rings is 1. The van der Waals surface area contributed by atoms with Gasteiger partial charge in [-0.1, -0.05) is 24.3 Å². The van der Waals surface area contributed by atoms with Crippen LogP contribution in [0.5, 0.6) is 0 Å². The lowest BCUT2D eigenvalue weighted by atomic mass is 10.2. The first-order valence-electron chi connectivity index (χ1n) is 7.41. The third-order valence-corrected chi connectivity index (χ3v) is 5.02. The molecule has 0 amide bonds. The average molecular weight is 344 g/mol. The lowest BCUT2D eigenvalue weighted by Crippen LogP contribution is -2.26. The average Bonchev–Trinajstić information content (AvgIpc) is 2.97. The number of fused-ring (bicyclic) bond motifs is 1. The minimum absolute atomic E-state index is 0.108. The number of nitrogens with one attached hydrogen (secondary N) is 1. The highest BCUT2D eigenvalue weighted by Crippen LogP contribution is 2.15. The molecule has 3 aromatic rings. The number of aromatic nitrogens is 1. The predicted octanol–water partition coefficient (Wildman–Crippen LogP) is 2.55. The lowest BCUT2D eigenvalue weighted by molar-refractivity contribution is 0.101. The molecule has 7 heteroatoms. The Bertz CT molecular complexity index is 942. The fourth-order valence-electron chi connectivity index (χ4n) is 2.27. The van der Waals surface area contributed by atoms with Crippen LogP contribution in [0.1, 0.15) is 23.2 Å².